The first-order valence-electron chi connectivity index (χ1n) is 8.45. The number of carbonyl (C=O) groups excluding carboxylic acids is 1. The van der Waals surface area contributed by atoms with Gasteiger partial charge >= 0.3 is 0 Å². The highest BCUT2D eigenvalue weighted by Crippen LogP contribution is 2.29. The molecule has 5 nitrogen and oxygen atoms in total. The van der Waals surface area contributed by atoms with E-state index in [1.54, 1.807) is 18.2 Å². The van der Waals surface area contributed by atoms with Crippen LogP contribution in [-0.4, -0.2) is 31.7 Å². The first-order chi connectivity index (χ1) is 12.3. The van der Waals surface area contributed by atoms with Crippen molar-refractivity contribution in [1.29, 1.82) is 0 Å². The van der Waals surface area contributed by atoms with Crippen LogP contribution in [0.1, 0.15) is 35.0 Å². The summed E-state index contributed by atoms with van der Waals surface area (Å²) < 4.78 is 27.3. The van der Waals surface area contributed by atoms with E-state index in [1.807, 2.05) is 13.0 Å². The summed E-state index contributed by atoms with van der Waals surface area (Å²) >= 11 is 6.97. The van der Waals surface area contributed by atoms with Gasteiger partial charge in [0, 0.05) is 23.8 Å². The highest BCUT2D eigenvalue weighted by molar-refractivity contribution is 7.91. The molecule has 0 atom stereocenters. The lowest BCUT2D eigenvalue weighted by Crippen LogP contribution is -2.37. The molecule has 26 heavy (non-hydrogen) atoms. The largest absolute Gasteiger partial charge is 0.321 e. The topological polar surface area (TPSA) is 66.5 Å². The second kappa shape index (κ2) is 7.68. The highest BCUT2D eigenvalue weighted by atomic mass is 35.5. The van der Waals surface area contributed by atoms with Crippen molar-refractivity contribution in [2.45, 2.75) is 30.9 Å². The number of hydrogen-bond acceptors (Lipinski definition) is 4. The van der Waals surface area contributed by atoms with Crippen molar-refractivity contribution in [1.82, 2.24) is 4.31 Å². The lowest BCUT2D eigenvalue weighted by atomic mass is 10.0. The SMILES string of the molecule is Cc1ccc(Cl)cc1NC(=O)c1ccc(S(=O)(=O)N2CCC(C)CC2)s1. The molecule has 1 saturated heterocycles. The number of aryl methyl sites for hydroxylation is 1. The molecule has 1 amide bonds. The molecule has 8 heteroatoms. The van der Waals surface area contributed by atoms with Gasteiger partial charge in [-0.05, 0) is 55.5 Å². The maximum atomic E-state index is 12.8. The number of nitrogens with one attached hydrogen (secondary N) is 1. The van der Waals surface area contributed by atoms with E-state index in [-0.39, 0.29) is 10.1 Å². The van der Waals surface area contributed by atoms with Gasteiger partial charge in [-0.1, -0.05) is 24.6 Å². The van der Waals surface area contributed by atoms with Gasteiger partial charge in [0.2, 0.25) is 0 Å². The maximum absolute atomic E-state index is 12.8. The summed E-state index contributed by atoms with van der Waals surface area (Å²) in [6, 6.07) is 8.31. The third-order valence-electron chi connectivity index (χ3n) is 4.59. The number of thiophene rings is 1. The van der Waals surface area contributed by atoms with Crippen molar-refractivity contribution < 1.29 is 13.2 Å². The molecular formula is C18H21ClN2O3S2. The van der Waals surface area contributed by atoms with Crippen LogP contribution in [0.3, 0.4) is 0 Å². The monoisotopic (exact) mass is 412 g/mol. The lowest BCUT2D eigenvalue weighted by molar-refractivity contribution is 0.103. The van der Waals surface area contributed by atoms with E-state index in [2.05, 4.69) is 12.2 Å². The molecule has 2 aromatic rings. The summed E-state index contributed by atoms with van der Waals surface area (Å²) in [5, 5.41) is 3.32. The number of sulfonamides is 1. The molecule has 1 N–H and O–H groups in total. The standard InChI is InChI=1S/C18H21ClN2O3S2/c1-12-7-9-21(10-8-12)26(23,24)17-6-5-16(25-17)18(22)20-15-11-14(19)4-3-13(15)2/h3-6,11-12H,7-10H2,1-2H3,(H,20,22). The van der Waals surface area contributed by atoms with E-state index in [9.17, 15) is 13.2 Å². The zero-order chi connectivity index (χ0) is 18.9. The van der Waals surface area contributed by atoms with E-state index in [0.717, 1.165) is 29.7 Å². The fourth-order valence-corrected chi connectivity index (χ4v) is 5.84. The Morgan fingerprint density at radius 1 is 1.23 bits per heavy atom. The molecule has 0 aliphatic carbocycles. The van der Waals surface area contributed by atoms with Gasteiger partial charge in [-0.25, -0.2) is 8.42 Å². The Kier molecular flexibility index (Phi) is 5.72. The van der Waals surface area contributed by atoms with E-state index >= 15 is 0 Å². The summed E-state index contributed by atoms with van der Waals surface area (Å²) in [6.07, 6.45) is 1.73. The van der Waals surface area contributed by atoms with Crippen LogP contribution in [0.5, 0.6) is 0 Å². The van der Waals surface area contributed by atoms with Crippen LogP contribution in [0, 0.1) is 12.8 Å². The molecule has 3 rings (SSSR count). The predicted octanol–water partition coefficient (Wildman–Crippen LogP) is 4.38. The van der Waals surface area contributed by atoms with Crippen molar-refractivity contribution in [2.75, 3.05) is 18.4 Å². The number of amides is 1. The van der Waals surface area contributed by atoms with Gasteiger partial charge in [0.05, 0.1) is 4.88 Å². The molecule has 1 aliphatic heterocycles. The van der Waals surface area contributed by atoms with Crippen LogP contribution in [0.15, 0.2) is 34.5 Å². The van der Waals surface area contributed by atoms with Crippen LogP contribution in [-0.2, 0) is 10.0 Å². The normalized spacial score (nSPS) is 16.6. The van der Waals surface area contributed by atoms with Gasteiger partial charge < -0.3 is 5.32 Å². The van der Waals surface area contributed by atoms with Gasteiger partial charge in [0.25, 0.3) is 15.9 Å². The second-order valence-electron chi connectivity index (χ2n) is 6.62. The third-order valence-corrected chi connectivity index (χ3v) is 8.27. The third kappa shape index (κ3) is 4.11. The molecule has 0 spiro atoms. The Morgan fingerprint density at radius 3 is 2.62 bits per heavy atom. The number of nitrogens with zero attached hydrogens (tertiary/aromatic N) is 1. The molecule has 0 saturated carbocycles. The van der Waals surface area contributed by atoms with Crippen LogP contribution < -0.4 is 5.32 Å². The average molecular weight is 413 g/mol. The second-order valence-corrected chi connectivity index (χ2v) is 10.3. The van der Waals surface area contributed by atoms with Crippen molar-refractivity contribution >= 4 is 44.6 Å². The van der Waals surface area contributed by atoms with Gasteiger partial charge in [-0.3, -0.25) is 4.79 Å². The lowest BCUT2D eigenvalue weighted by Gasteiger charge is -2.28. The van der Waals surface area contributed by atoms with Crippen LogP contribution in [0.25, 0.3) is 0 Å². The molecule has 2 heterocycles. The number of piperidine rings is 1. The molecule has 0 bridgehead atoms. The summed E-state index contributed by atoms with van der Waals surface area (Å²) in [7, 11) is -3.54. The van der Waals surface area contributed by atoms with Crippen molar-refractivity contribution in [3.05, 3.63) is 45.8 Å². The number of halogens is 1. The number of anilines is 1. The quantitative estimate of drug-likeness (QED) is 0.810. The summed E-state index contributed by atoms with van der Waals surface area (Å²) in [5.41, 5.74) is 1.50. The summed E-state index contributed by atoms with van der Waals surface area (Å²) in [4.78, 5) is 12.8. The van der Waals surface area contributed by atoms with E-state index in [4.69, 9.17) is 11.6 Å². The van der Waals surface area contributed by atoms with Crippen LogP contribution in [0.2, 0.25) is 5.02 Å². The molecule has 1 aliphatic rings. The Labute approximate surface area is 163 Å². The van der Waals surface area contributed by atoms with E-state index in [0.29, 0.717) is 34.6 Å². The molecule has 1 aromatic heterocycles. The zero-order valence-electron chi connectivity index (χ0n) is 14.7. The number of benzene rings is 1. The summed E-state index contributed by atoms with van der Waals surface area (Å²) in [6.45, 7) is 5.07. The molecule has 0 radical (unpaired) electrons. The molecular weight excluding hydrogens is 392 g/mol. The van der Waals surface area contributed by atoms with Crippen LogP contribution in [0.4, 0.5) is 5.69 Å². The van der Waals surface area contributed by atoms with Gasteiger partial charge in [0.1, 0.15) is 4.21 Å². The minimum Gasteiger partial charge on any atom is -0.321 e. The van der Waals surface area contributed by atoms with E-state index in [1.165, 1.54) is 10.4 Å². The Hall–Kier alpha value is -1.41. The smallest absolute Gasteiger partial charge is 0.265 e. The van der Waals surface area contributed by atoms with Gasteiger partial charge in [0.15, 0.2) is 0 Å². The predicted molar refractivity (Wildman–Crippen MR) is 106 cm³/mol. The first kappa shape index (κ1) is 19.4. The van der Waals surface area contributed by atoms with Gasteiger partial charge in [-0.2, -0.15) is 4.31 Å². The highest BCUT2D eigenvalue weighted by Gasteiger charge is 2.29. The minimum absolute atomic E-state index is 0.208. The molecule has 1 aromatic carbocycles. The average Bonchev–Trinajstić information content (AvgIpc) is 3.09. The number of rotatable bonds is 4. The molecule has 140 valence electrons. The Balaban J connectivity index is 1.76. The Morgan fingerprint density at radius 2 is 1.92 bits per heavy atom. The molecule has 1 fully saturated rings. The van der Waals surface area contributed by atoms with Crippen molar-refractivity contribution in [3.8, 4) is 0 Å². The number of carbonyl (C=O) groups is 1. The fourth-order valence-electron chi connectivity index (χ4n) is 2.85. The minimum atomic E-state index is -3.54. The van der Waals surface area contributed by atoms with Crippen LogP contribution >= 0.6 is 22.9 Å². The van der Waals surface area contributed by atoms with Gasteiger partial charge in [-0.15, -0.1) is 11.3 Å². The first-order valence-corrected chi connectivity index (χ1v) is 11.1. The number of hydrogen-bond donors (Lipinski definition) is 1. The summed E-state index contributed by atoms with van der Waals surface area (Å²) in [5.74, 6) is 0.209. The molecule has 0 unspecified atom stereocenters. The maximum Gasteiger partial charge on any atom is 0.265 e. The zero-order valence-corrected chi connectivity index (χ0v) is 17.0. The van der Waals surface area contributed by atoms with Crippen molar-refractivity contribution in [3.63, 3.8) is 0 Å². The van der Waals surface area contributed by atoms with E-state index < -0.39 is 10.0 Å². The fraction of sp³-hybridized carbons (Fsp3) is 0.389. The van der Waals surface area contributed by atoms with Crippen molar-refractivity contribution in [2.24, 2.45) is 5.92 Å². The Bertz CT molecular complexity index is 916.